The Bertz CT molecular complexity index is 592. The molecule has 2 N–H and O–H groups in total. The van der Waals surface area contributed by atoms with Crippen molar-refractivity contribution in [3.63, 3.8) is 0 Å². The molecule has 1 heterocycles. The largest absolute Gasteiger partial charge is 0.480 e. The van der Waals surface area contributed by atoms with Crippen molar-refractivity contribution in [2.75, 3.05) is 11.1 Å². The molecule has 0 spiro atoms. The summed E-state index contributed by atoms with van der Waals surface area (Å²) in [7, 11) is -3.54. The third-order valence-electron chi connectivity index (χ3n) is 3.02. The lowest BCUT2D eigenvalue weighted by Gasteiger charge is -2.25. The van der Waals surface area contributed by atoms with Crippen molar-refractivity contribution in [1.29, 1.82) is 0 Å². The van der Waals surface area contributed by atoms with Gasteiger partial charge in [0.1, 0.15) is 6.04 Å². The van der Waals surface area contributed by atoms with E-state index in [1.165, 1.54) is 0 Å². The van der Waals surface area contributed by atoms with Gasteiger partial charge in [-0.1, -0.05) is 19.9 Å². The minimum atomic E-state index is -3.54. The van der Waals surface area contributed by atoms with E-state index in [0.717, 1.165) is 5.56 Å². The molecule has 0 aliphatic carbocycles. The normalized spacial score (nSPS) is 21.2. The third kappa shape index (κ3) is 2.20. The predicted molar refractivity (Wildman–Crippen MR) is 67.6 cm³/mol. The predicted octanol–water partition coefficient (Wildman–Crippen LogP) is 1.46. The Kier molecular flexibility index (Phi) is 3.06. The summed E-state index contributed by atoms with van der Waals surface area (Å²) in [6.07, 6.45) is 0. The van der Waals surface area contributed by atoms with Crippen molar-refractivity contribution in [3.8, 4) is 0 Å². The highest BCUT2D eigenvalue weighted by Gasteiger charge is 2.34. The van der Waals surface area contributed by atoms with E-state index in [0.29, 0.717) is 5.69 Å². The minimum absolute atomic E-state index is 0.200. The maximum atomic E-state index is 12.1. The Morgan fingerprint density at radius 1 is 1.44 bits per heavy atom. The molecular weight excluding hydrogens is 254 g/mol. The van der Waals surface area contributed by atoms with Crippen LogP contribution < -0.4 is 5.32 Å². The van der Waals surface area contributed by atoms with Gasteiger partial charge in [0.25, 0.3) is 0 Å². The number of benzene rings is 1. The highest BCUT2D eigenvalue weighted by Crippen LogP contribution is 2.31. The van der Waals surface area contributed by atoms with Crippen LogP contribution in [-0.2, 0) is 14.6 Å². The van der Waals surface area contributed by atoms with Crippen LogP contribution in [0.3, 0.4) is 0 Å². The van der Waals surface area contributed by atoms with E-state index in [9.17, 15) is 13.2 Å². The van der Waals surface area contributed by atoms with Crippen molar-refractivity contribution in [1.82, 2.24) is 0 Å². The van der Waals surface area contributed by atoms with Gasteiger partial charge in [0.05, 0.1) is 16.3 Å². The van der Waals surface area contributed by atoms with Crippen molar-refractivity contribution >= 4 is 21.5 Å². The Labute approximate surface area is 106 Å². The molecule has 1 aliphatic rings. The lowest BCUT2D eigenvalue weighted by molar-refractivity contribution is -0.137. The van der Waals surface area contributed by atoms with Crippen LogP contribution in [0.25, 0.3) is 0 Å². The fraction of sp³-hybridized carbons (Fsp3) is 0.417. The molecule has 1 aromatic rings. The number of carboxylic acid groups (broad SMARTS) is 1. The summed E-state index contributed by atoms with van der Waals surface area (Å²) in [5.41, 5.74) is 1.30. The average molecular weight is 269 g/mol. The second-order valence-electron chi connectivity index (χ2n) is 4.73. The first-order chi connectivity index (χ1) is 8.31. The van der Waals surface area contributed by atoms with Crippen LogP contribution in [0.1, 0.15) is 25.3 Å². The Hall–Kier alpha value is -1.56. The smallest absolute Gasteiger partial charge is 0.327 e. The standard InChI is InChI=1S/C12H15NO4S/c1-7(2)8-3-4-9-11(5-8)18(16,17)6-10(13-9)12(14)15/h3-5,7,10,13H,6H2,1-2H3,(H,14,15). The first-order valence-electron chi connectivity index (χ1n) is 5.67. The van der Waals surface area contributed by atoms with E-state index in [1.807, 2.05) is 19.9 Å². The van der Waals surface area contributed by atoms with Crippen LogP contribution in [0, 0.1) is 0 Å². The molecule has 1 aromatic carbocycles. The van der Waals surface area contributed by atoms with Gasteiger partial charge in [-0.05, 0) is 23.6 Å². The lowest BCUT2D eigenvalue weighted by atomic mass is 10.0. The number of anilines is 1. The second kappa shape index (κ2) is 4.28. The highest BCUT2D eigenvalue weighted by molar-refractivity contribution is 7.91. The van der Waals surface area contributed by atoms with E-state index in [4.69, 9.17) is 5.11 Å². The van der Waals surface area contributed by atoms with Crippen molar-refractivity contribution < 1.29 is 18.3 Å². The highest BCUT2D eigenvalue weighted by atomic mass is 32.2. The molecule has 0 saturated heterocycles. The number of sulfone groups is 1. The van der Waals surface area contributed by atoms with Gasteiger partial charge in [0.2, 0.25) is 0 Å². The van der Waals surface area contributed by atoms with E-state index >= 15 is 0 Å². The summed E-state index contributed by atoms with van der Waals surface area (Å²) < 4.78 is 24.1. The van der Waals surface area contributed by atoms with Gasteiger partial charge in [0.15, 0.2) is 9.84 Å². The minimum Gasteiger partial charge on any atom is -0.480 e. The Morgan fingerprint density at radius 2 is 2.11 bits per heavy atom. The molecule has 98 valence electrons. The molecule has 2 rings (SSSR count). The second-order valence-corrected chi connectivity index (χ2v) is 6.73. The van der Waals surface area contributed by atoms with Crippen molar-refractivity contribution in [2.24, 2.45) is 0 Å². The monoisotopic (exact) mass is 269 g/mol. The van der Waals surface area contributed by atoms with Crippen LogP contribution >= 0.6 is 0 Å². The lowest BCUT2D eigenvalue weighted by Crippen LogP contribution is -2.40. The number of carbonyl (C=O) groups is 1. The summed E-state index contributed by atoms with van der Waals surface area (Å²) >= 11 is 0. The maximum absolute atomic E-state index is 12.1. The average Bonchev–Trinajstić information content (AvgIpc) is 2.27. The summed E-state index contributed by atoms with van der Waals surface area (Å²) in [6, 6.07) is 4.00. The number of hydrogen-bond donors (Lipinski definition) is 2. The number of rotatable bonds is 2. The molecule has 0 amide bonds. The Balaban J connectivity index is 2.53. The molecule has 1 atom stereocenters. The van der Waals surface area contributed by atoms with Crippen LogP contribution in [0.2, 0.25) is 0 Å². The fourth-order valence-electron chi connectivity index (χ4n) is 1.95. The van der Waals surface area contributed by atoms with E-state index < -0.39 is 27.6 Å². The fourth-order valence-corrected chi connectivity index (χ4v) is 3.57. The van der Waals surface area contributed by atoms with Gasteiger partial charge in [-0.25, -0.2) is 13.2 Å². The molecule has 0 fully saturated rings. The van der Waals surface area contributed by atoms with Gasteiger partial charge in [-0.2, -0.15) is 0 Å². The maximum Gasteiger partial charge on any atom is 0.327 e. The van der Waals surface area contributed by atoms with Crippen LogP contribution in [0.4, 0.5) is 5.69 Å². The van der Waals surface area contributed by atoms with Gasteiger partial charge in [-0.3, -0.25) is 0 Å². The zero-order valence-corrected chi connectivity index (χ0v) is 11.0. The molecule has 1 aliphatic heterocycles. The zero-order chi connectivity index (χ0) is 13.5. The van der Waals surface area contributed by atoms with Gasteiger partial charge >= 0.3 is 5.97 Å². The number of hydrogen-bond acceptors (Lipinski definition) is 4. The summed E-state index contributed by atoms with van der Waals surface area (Å²) in [4.78, 5) is 11.1. The van der Waals surface area contributed by atoms with E-state index in [1.54, 1.807) is 12.1 Å². The van der Waals surface area contributed by atoms with Gasteiger partial charge in [-0.15, -0.1) is 0 Å². The SMILES string of the molecule is CC(C)c1ccc2c(c1)S(=O)(=O)CC(C(=O)O)N2. The molecule has 18 heavy (non-hydrogen) atoms. The molecule has 0 saturated carbocycles. The number of fused-ring (bicyclic) bond motifs is 1. The summed E-state index contributed by atoms with van der Waals surface area (Å²) in [5, 5.41) is 11.7. The topological polar surface area (TPSA) is 83.5 Å². The number of nitrogens with one attached hydrogen (secondary N) is 1. The Morgan fingerprint density at radius 3 is 2.67 bits per heavy atom. The molecule has 1 unspecified atom stereocenters. The van der Waals surface area contributed by atoms with Gasteiger partial charge < -0.3 is 10.4 Å². The van der Waals surface area contributed by atoms with Crippen LogP contribution in [0.5, 0.6) is 0 Å². The zero-order valence-electron chi connectivity index (χ0n) is 10.2. The quantitative estimate of drug-likeness (QED) is 0.849. The van der Waals surface area contributed by atoms with Crippen LogP contribution in [-0.4, -0.2) is 31.3 Å². The first kappa shape index (κ1) is 12.9. The third-order valence-corrected chi connectivity index (χ3v) is 4.80. The molecule has 0 radical (unpaired) electrons. The van der Waals surface area contributed by atoms with Crippen molar-refractivity contribution in [2.45, 2.75) is 30.7 Å². The van der Waals surface area contributed by atoms with E-state index in [2.05, 4.69) is 5.32 Å². The van der Waals surface area contributed by atoms with Gasteiger partial charge in [0, 0.05) is 0 Å². The number of carboxylic acids is 1. The summed E-state index contributed by atoms with van der Waals surface area (Å²) in [5.74, 6) is -1.34. The molecular formula is C12H15NO4S. The molecule has 0 aromatic heterocycles. The van der Waals surface area contributed by atoms with Crippen LogP contribution in [0.15, 0.2) is 23.1 Å². The molecule has 5 nitrogen and oxygen atoms in total. The first-order valence-corrected chi connectivity index (χ1v) is 7.32. The summed E-state index contributed by atoms with van der Waals surface area (Å²) in [6.45, 7) is 3.95. The van der Waals surface area contributed by atoms with E-state index in [-0.39, 0.29) is 10.8 Å². The molecule has 6 heteroatoms. The van der Waals surface area contributed by atoms with Crippen molar-refractivity contribution in [3.05, 3.63) is 23.8 Å². The number of aliphatic carboxylic acids is 1. The molecule has 0 bridgehead atoms.